The van der Waals surface area contributed by atoms with Crippen LogP contribution in [-0.2, 0) is 12.4 Å². The molecule has 23 heavy (non-hydrogen) atoms. The lowest BCUT2D eigenvalue weighted by atomic mass is 9.98. The van der Waals surface area contributed by atoms with Gasteiger partial charge in [0.15, 0.2) is 0 Å². The lowest BCUT2D eigenvalue weighted by Gasteiger charge is -2.14. The largest absolute Gasteiger partial charge is 0.416 e. The number of hydrogen-bond acceptors (Lipinski definition) is 1. The van der Waals surface area contributed by atoms with Crippen molar-refractivity contribution in [3.05, 3.63) is 58.1 Å². The Balaban J connectivity index is 2.71. The standard InChI is InChI=1S/C15H7ClF6O/c16-13-2-8(7-23)1-9(5-13)10-3-11(14(17,18)19)6-12(4-10)15(20,21)22/h1-7H. The molecule has 2 aromatic carbocycles. The van der Waals surface area contributed by atoms with Gasteiger partial charge in [-0.15, -0.1) is 0 Å². The molecule has 0 aliphatic rings. The lowest BCUT2D eigenvalue weighted by Crippen LogP contribution is -2.11. The van der Waals surface area contributed by atoms with Crippen LogP contribution < -0.4 is 0 Å². The molecule has 0 aliphatic heterocycles. The summed E-state index contributed by atoms with van der Waals surface area (Å²) in [5.74, 6) is 0. The molecule has 0 N–H and O–H groups in total. The minimum atomic E-state index is -4.94. The number of halogens is 7. The van der Waals surface area contributed by atoms with Crippen LogP contribution >= 0.6 is 11.6 Å². The molecule has 0 amide bonds. The summed E-state index contributed by atoms with van der Waals surface area (Å²) in [6, 6.07) is 4.79. The fourth-order valence-electron chi connectivity index (χ4n) is 1.97. The number of rotatable bonds is 2. The zero-order valence-corrected chi connectivity index (χ0v) is 11.9. The van der Waals surface area contributed by atoms with Crippen LogP contribution in [0.4, 0.5) is 26.3 Å². The van der Waals surface area contributed by atoms with Crippen molar-refractivity contribution in [1.82, 2.24) is 0 Å². The molecule has 2 rings (SSSR count). The van der Waals surface area contributed by atoms with E-state index in [1.165, 1.54) is 12.1 Å². The molecule has 0 aliphatic carbocycles. The average molecular weight is 353 g/mol. The van der Waals surface area contributed by atoms with Crippen molar-refractivity contribution < 1.29 is 31.1 Å². The Morgan fingerprint density at radius 1 is 0.739 bits per heavy atom. The number of carbonyl (C=O) groups excluding carboxylic acids is 1. The van der Waals surface area contributed by atoms with E-state index < -0.39 is 23.5 Å². The molecule has 122 valence electrons. The van der Waals surface area contributed by atoms with Crippen LogP contribution in [0.1, 0.15) is 21.5 Å². The molecule has 0 saturated carbocycles. The van der Waals surface area contributed by atoms with Gasteiger partial charge in [0.2, 0.25) is 0 Å². The van der Waals surface area contributed by atoms with Crippen LogP contribution in [0.25, 0.3) is 11.1 Å². The van der Waals surface area contributed by atoms with Gasteiger partial charge in [-0.25, -0.2) is 0 Å². The molecule has 0 bridgehead atoms. The van der Waals surface area contributed by atoms with Crippen molar-refractivity contribution >= 4 is 17.9 Å². The van der Waals surface area contributed by atoms with E-state index >= 15 is 0 Å². The first kappa shape index (κ1) is 17.3. The van der Waals surface area contributed by atoms with Crippen LogP contribution in [0.3, 0.4) is 0 Å². The third-order valence-electron chi connectivity index (χ3n) is 2.98. The summed E-state index contributed by atoms with van der Waals surface area (Å²) >= 11 is 5.73. The summed E-state index contributed by atoms with van der Waals surface area (Å²) in [7, 11) is 0. The Hall–Kier alpha value is -2.02. The van der Waals surface area contributed by atoms with Gasteiger partial charge in [-0.3, -0.25) is 4.79 Å². The molecule has 0 fully saturated rings. The Morgan fingerprint density at radius 3 is 1.65 bits per heavy atom. The van der Waals surface area contributed by atoms with Crippen molar-refractivity contribution in [2.45, 2.75) is 12.4 Å². The van der Waals surface area contributed by atoms with E-state index in [0.29, 0.717) is 18.4 Å². The van der Waals surface area contributed by atoms with Gasteiger partial charge in [-0.1, -0.05) is 11.6 Å². The number of alkyl halides is 6. The van der Waals surface area contributed by atoms with Gasteiger partial charge in [0.25, 0.3) is 0 Å². The molecule has 0 aromatic heterocycles. The second-order valence-corrected chi connectivity index (χ2v) is 5.12. The maximum absolute atomic E-state index is 12.8. The summed E-state index contributed by atoms with van der Waals surface area (Å²) in [5, 5.41) is 0.0237. The van der Waals surface area contributed by atoms with Crippen LogP contribution in [-0.4, -0.2) is 6.29 Å². The third kappa shape index (κ3) is 4.04. The maximum Gasteiger partial charge on any atom is 0.416 e. The normalized spacial score (nSPS) is 12.3. The molecule has 0 atom stereocenters. The quantitative estimate of drug-likeness (QED) is 0.489. The minimum absolute atomic E-state index is 0.0174. The number of aldehydes is 1. The summed E-state index contributed by atoms with van der Waals surface area (Å²) < 4.78 is 77.0. The fraction of sp³-hybridized carbons (Fsp3) is 0.133. The topological polar surface area (TPSA) is 17.1 Å². The number of carbonyl (C=O) groups is 1. The first-order chi connectivity index (χ1) is 10.5. The number of hydrogen-bond donors (Lipinski definition) is 0. The Bertz CT molecular complexity index is 716. The highest BCUT2D eigenvalue weighted by Gasteiger charge is 2.37. The molecule has 0 radical (unpaired) electrons. The Morgan fingerprint density at radius 2 is 1.22 bits per heavy atom. The smallest absolute Gasteiger partial charge is 0.298 e. The highest BCUT2D eigenvalue weighted by atomic mass is 35.5. The van der Waals surface area contributed by atoms with Gasteiger partial charge >= 0.3 is 12.4 Å². The van der Waals surface area contributed by atoms with E-state index in [-0.39, 0.29) is 27.8 Å². The van der Waals surface area contributed by atoms with E-state index in [2.05, 4.69) is 0 Å². The van der Waals surface area contributed by atoms with E-state index in [9.17, 15) is 31.1 Å². The monoisotopic (exact) mass is 352 g/mol. The average Bonchev–Trinajstić information content (AvgIpc) is 2.44. The lowest BCUT2D eigenvalue weighted by molar-refractivity contribution is -0.143. The van der Waals surface area contributed by atoms with Crippen LogP contribution in [0.2, 0.25) is 5.02 Å². The van der Waals surface area contributed by atoms with Gasteiger partial charge in [0.1, 0.15) is 6.29 Å². The Kier molecular flexibility index (Phi) is 4.43. The molecule has 1 nitrogen and oxygen atoms in total. The SMILES string of the molecule is O=Cc1cc(Cl)cc(-c2cc(C(F)(F)F)cc(C(F)(F)F)c2)c1. The highest BCUT2D eigenvalue weighted by molar-refractivity contribution is 6.31. The molecule has 2 aromatic rings. The van der Waals surface area contributed by atoms with E-state index in [0.717, 1.165) is 6.07 Å². The first-order valence-electron chi connectivity index (χ1n) is 6.06. The summed E-state index contributed by atoms with van der Waals surface area (Å²) in [5.41, 5.74) is -3.18. The molecule has 0 saturated heterocycles. The fourth-order valence-corrected chi connectivity index (χ4v) is 2.21. The van der Waals surface area contributed by atoms with Crippen molar-refractivity contribution in [2.75, 3.05) is 0 Å². The zero-order chi connectivity index (χ0) is 17.4. The summed E-state index contributed by atoms with van der Waals surface area (Å²) in [6.07, 6.45) is -9.49. The Labute approximate surface area is 131 Å². The molecular formula is C15H7ClF6O. The first-order valence-corrected chi connectivity index (χ1v) is 6.44. The van der Waals surface area contributed by atoms with Crippen LogP contribution in [0.15, 0.2) is 36.4 Å². The van der Waals surface area contributed by atoms with E-state index in [1.54, 1.807) is 0 Å². The van der Waals surface area contributed by atoms with Crippen molar-refractivity contribution in [2.24, 2.45) is 0 Å². The molecule has 0 spiro atoms. The molecule has 0 heterocycles. The van der Waals surface area contributed by atoms with Crippen LogP contribution in [0, 0.1) is 0 Å². The van der Waals surface area contributed by atoms with E-state index in [4.69, 9.17) is 11.6 Å². The van der Waals surface area contributed by atoms with Gasteiger partial charge in [-0.2, -0.15) is 26.3 Å². The second kappa shape index (κ2) is 5.88. The molecular weight excluding hydrogens is 346 g/mol. The van der Waals surface area contributed by atoms with Gasteiger partial charge in [0.05, 0.1) is 11.1 Å². The van der Waals surface area contributed by atoms with Crippen LogP contribution in [0.5, 0.6) is 0 Å². The van der Waals surface area contributed by atoms with Crippen molar-refractivity contribution in [3.63, 3.8) is 0 Å². The minimum Gasteiger partial charge on any atom is -0.298 e. The van der Waals surface area contributed by atoms with Crippen molar-refractivity contribution in [3.8, 4) is 11.1 Å². The highest BCUT2D eigenvalue weighted by Crippen LogP contribution is 2.39. The molecule has 0 unspecified atom stereocenters. The molecule has 8 heteroatoms. The summed E-state index contributed by atoms with van der Waals surface area (Å²) in [4.78, 5) is 10.8. The second-order valence-electron chi connectivity index (χ2n) is 4.69. The zero-order valence-electron chi connectivity index (χ0n) is 11.1. The van der Waals surface area contributed by atoms with E-state index in [1.807, 2.05) is 0 Å². The van der Waals surface area contributed by atoms with Gasteiger partial charge in [-0.05, 0) is 47.5 Å². The predicted octanol–water partition coefficient (Wildman–Crippen LogP) is 5.86. The maximum atomic E-state index is 12.8. The third-order valence-corrected chi connectivity index (χ3v) is 3.20. The predicted molar refractivity (Wildman–Crippen MR) is 72.3 cm³/mol. The van der Waals surface area contributed by atoms with Gasteiger partial charge in [0, 0.05) is 10.6 Å². The number of benzene rings is 2. The summed E-state index contributed by atoms with van der Waals surface area (Å²) in [6.45, 7) is 0. The van der Waals surface area contributed by atoms with Gasteiger partial charge < -0.3 is 0 Å². The van der Waals surface area contributed by atoms with Crippen molar-refractivity contribution in [1.29, 1.82) is 0 Å².